The van der Waals surface area contributed by atoms with Gasteiger partial charge in [-0.15, -0.1) is 0 Å². The molecule has 1 aliphatic heterocycles. The van der Waals surface area contributed by atoms with E-state index in [-0.39, 0.29) is 9.79 Å². The Kier molecular flexibility index (Phi) is 5.60. The van der Waals surface area contributed by atoms with E-state index in [1.54, 1.807) is 0 Å². The minimum atomic E-state index is -3.80. The summed E-state index contributed by atoms with van der Waals surface area (Å²) in [7, 11) is -7.38. The minimum absolute atomic E-state index is 0.0303. The van der Waals surface area contributed by atoms with Gasteiger partial charge >= 0.3 is 0 Å². The second-order valence-corrected chi connectivity index (χ2v) is 10.4. The standard InChI is InChI=1S/C19H24N2O4S2/c1-15-7-6-8-16(2)19(15)20-26(22,23)17-9-11-18(12-10-17)27(24,25)21-13-4-3-5-14-21/h6-12,20H,3-5,13-14H2,1-2H3. The van der Waals surface area contributed by atoms with E-state index in [0.717, 1.165) is 30.4 Å². The second-order valence-electron chi connectivity index (χ2n) is 6.81. The van der Waals surface area contributed by atoms with Crippen LogP contribution in [0.3, 0.4) is 0 Å². The van der Waals surface area contributed by atoms with Crippen molar-refractivity contribution in [3.63, 3.8) is 0 Å². The number of aryl methyl sites for hydroxylation is 2. The van der Waals surface area contributed by atoms with Gasteiger partial charge in [0.25, 0.3) is 10.0 Å². The predicted molar refractivity (Wildman–Crippen MR) is 106 cm³/mol. The Bertz CT molecular complexity index is 1000. The van der Waals surface area contributed by atoms with Crippen LogP contribution in [-0.4, -0.2) is 34.2 Å². The first-order chi connectivity index (χ1) is 12.7. The summed E-state index contributed by atoms with van der Waals surface area (Å²) in [6.45, 7) is 4.69. The molecule has 8 heteroatoms. The molecular weight excluding hydrogens is 384 g/mol. The molecule has 0 aromatic heterocycles. The van der Waals surface area contributed by atoms with Crippen molar-refractivity contribution in [2.45, 2.75) is 42.9 Å². The van der Waals surface area contributed by atoms with Crippen LogP contribution in [-0.2, 0) is 20.0 Å². The smallest absolute Gasteiger partial charge is 0.261 e. The molecule has 1 N–H and O–H groups in total. The Labute approximate surface area is 161 Å². The van der Waals surface area contributed by atoms with Crippen molar-refractivity contribution in [2.75, 3.05) is 17.8 Å². The molecule has 0 unspecified atom stereocenters. The van der Waals surface area contributed by atoms with Crippen molar-refractivity contribution in [2.24, 2.45) is 0 Å². The summed E-state index contributed by atoms with van der Waals surface area (Å²) in [6.07, 6.45) is 2.74. The molecule has 0 radical (unpaired) electrons. The fraction of sp³-hybridized carbons (Fsp3) is 0.368. The molecule has 0 saturated carbocycles. The van der Waals surface area contributed by atoms with Crippen molar-refractivity contribution in [3.8, 4) is 0 Å². The number of piperidine rings is 1. The van der Waals surface area contributed by atoms with E-state index >= 15 is 0 Å². The monoisotopic (exact) mass is 408 g/mol. The van der Waals surface area contributed by atoms with Gasteiger partial charge in [-0.05, 0) is 62.1 Å². The molecule has 0 spiro atoms. The highest BCUT2D eigenvalue weighted by Crippen LogP contribution is 2.25. The third kappa shape index (κ3) is 4.17. The Morgan fingerprint density at radius 2 is 1.30 bits per heavy atom. The van der Waals surface area contributed by atoms with Gasteiger partial charge in [-0.25, -0.2) is 16.8 Å². The van der Waals surface area contributed by atoms with E-state index in [1.807, 2.05) is 32.0 Å². The molecule has 0 aliphatic carbocycles. The Hall–Kier alpha value is -1.90. The normalized spacial score (nSPS) is 16.2. The van der Waals surface area contributed by atoms with Crippen LogP contribution >= 0.6 is 0 Å². The van der Waals surface area contributed by atoms with E-state index in [9.17, 15) is 16.8 Å². The Balaban J connectivity index is 1.86. The zero-order valence-electron chi connectivity index (χ0n) is 15.5. The van der Waals surface area contributed by atoms with Crippen LogP contribution in [0, 0.1) is 13.8 Å². The largest absolute Gasteiger partial charge is 0.279 e. The lowest BCUT2D eigenvalue weighted by molar-refractivity contribution is 0.346. The number of hydrogen-bond acceptors (Lipinski definition) is 4. The molecule has 2 aromatic rings. The van der Waals surface area contributed by atoms with Crippen LogP contribution in [0.15, 0.2) is 52.3 Å². The predicted octanol–water partition coefficient (Wildman–Crippen LogP) is 3.28. The molecule has 1 fully saturated rings. The minimum Gasteiger partial charge on any atom is -0.279 e. The Morgan fingerprint density at radius 3 is 1.85 bits per heavy atom. The second kappa shape index (κ2) is 7.61. The molecule has 27 heavy (non-hydrogen) atoms. The van der Waals surface area contributed by atoms with Crippen molar-refractivity contribution >= 4 is 25.7 Å². The summed E-state index contributed by atoms with van der Waals surface area (Å²) in [4.78, 5) is 0.151. The summed E-state index contributed by atoms with van der Waals surface area (Å²) in [5.41, 5.74) is 2.19. The fourth-order valence-corrected chi connectivity index (χ4v) is 5.93. The number of anilines is 1. The van der Waals surface area contributed by atoms with Crippen molar-refractivity contribution in [3.05, 3.63) is 53.6 Å². The lowest BCUT2D eigenvalue weighted by Crippen LogP contribution is -2.35. The molecule has 1 saturated heterocycles. The van der Waals surface area contributed by atoms with E-state index in [2.05, 4.69) is 4.72 Å². The van der Waals surface area contributed by atoms with Crippen LogP contribution in [0.5, 0.6) is 0 Å². The Morgan fingerprint density at radius 1 is 0.778 bits per heavy atom. The molecule has 6 nitrogen and oxygen atoms in total. The van der Waals surface area contributed by atoms with Crippen LogP contribution < -0.4 is 4.72 Å². The number of benzene rings is 2. The maximum Gasteiger partial charge on any atom is 0.261 e. The number of rotatable bonds is 5. The van der Waals surface area contributed by atoms with Gasteiger partial charge in [0.2, 0.25) is 10.0 Å². The van der Waals surface area contributed by atoms with Crippen LogP contribution in [0.2, 0.25) is 0 Å². The maximum atomic E-state index is 12.7. The molecule has 1 heterocycles. The third-order valence-corrected chi connectivity index (χ3v) is 8.08. The summed E-state index contributed by atoms with van der Waals surface area (Å²) < 4.78 is 54.8. The SMILES string of the molecule is Cc1cccc(C)c1NS(=O)(=O)c1ccc(S(=O)(=O)N2CCCCC2)cc1. The number of hydrogen-bond donors (Lipinski definition) is 1. The van der Waals surface area contributed by atoms with Gasteiger partial charge in [-0.2, -0.15) is 4.31 Å². The van der Waals surface area contributed by atoms with Gasteiger partial charge in [0.15, 0.2) is 0 Å². The number of para-hydroxylation sites is 1. The molecule has 0 atom stereocenters. The first-order valence-electron chi connectivity index (χ1n) is 8.91. The molecule has 2 aromatic carbocycles. The lowest BCUT2D eigenvalue weighted by Gasteiger charge is -2.25. The summed E-state index contributed by atoms with van der Waals surface area (Å²) >= 11 is 0. The number of nitrogens with one attached hydrogen (secondary N) is 1. The highest BCUT2D eigenvalue weighted by molar-refractivity contribution is 7.92. The van der Waals surface area contributed by atoms with Gasteiger partial charge < -0.3 is 0 Å². The molecular formula is C19H24N2O4S2. The first kappa shape index (κ1) is 19.9. The van der Waals surface area contributed by atoms with E-state index in [4.69, 9.17) is 0 Å². The van der Waals surface area contributed by atoms with Crippen molar-refractivity contribution in [1.82, 2.24) is 4.31 Å². The average Bonchev–Trinajstić information content (AvgIpc) is 2.66. The highest BCUT2D eigenvalue weighted by Gasteiger charge is 2.26. The summed E-state index contributed by atoms with van der Waals surface area (Å²) in [6, 6.07) is 10.9. The first-order valence-corrected chi connectivity index (χ1v) is 11.8. The van der Waals surface area contributed by atoms with Crippen molar-refractivity contribution in [1.29, 1.82) is 0 Å². The van der Waals surface area contributed by atoms with E-state index in [1.165, 1.54) is 28.6 Å². The molecule has 0 amide bonds. The van der Waals surface area contributed by atoms with Crippen molar-refractivity contribution < 1.29 is 16.8 Å². The third-order valence-electron chi connectivity index (χ3n) is 4.80. The zero-order chi connectivity index (χ0) is 19.7. The summed E-state index contributed by atoms with van der Waals surface area (Å²) in [5, 5.41) is 0. The zero-order valence-corrected chi connectivity index (χ0v) is 17.1. The molecule has 146 valence electrons. The van der Waals surface area contributed by atoms with Crippen LogP contribution in [0.1, 0.15) is 30.4 Å². The van der Waals surface area contributed by atoms with Gasteiger partial charge in [0.1, 0.15) is 0 Å². The van der Waals surface area contributed by atoms with Crippen LogP contribution in [0.4, 0.5) is 5.69 Å². The molecule has 3 rings (SSSR count). The van der Waals surface area contributed by atoms with Gasteiger partial charge in [-0.1, -0.05) is 24.6 Å². The lowest BCUT2D eigenvalue weighted by atomic mass is 10.1. The maximum absolute atomic E-state index is 12.7. The molecule has 1 aliphatic rings. The quantitative estimate of drug-likeness (QED) is 0.823. The number of sulfonamides is 2. The number of nitrogens with zero attached hydrogens (tertiary/aromatic N) is 1. The fourth-order valence-electron chi connectivity index (χ4n) is 3.21. The van der Waals surface area contributed by atoms with Gasteiger partial charge in [-0.3, -0.25) is 4.72 Å². The molecule has 0 bridgehead atoms. The average molecular weight is 409 g/mol. The summed E-state index contributed by atoms with van der Waals surface area (Å²) in [5.74, 6) is 0. The van der Waals surface area contributed by atoms with Crippen LogP contribution in [0.25, 0.3) is 0 Å². The topological polar surface area (TPSA) is 83.5 Å². The van der Waals surface area contributed by atoms with E-state index in [0.29, 0.717) is 18.8 Å². The van der Waals surface area contributed by atoms with Gasteiger partial charge in [0, 0.05) is 13.1 Å². The van der Waals surface area contributed by atoms with E-state index < -0.39 is 20.0 Å². The van der Waals surface area contributed by atoms with Gasteiger partial charge in [0.05, 0.1) is 15.5 Å². The highest BCUT2D eigenvalue weighted by atomic mass is 32.2.